The molecule has 0 unspecified atom stereocenters. The van der Waals surface area contributed by atoms with E-state index in [0.29, 0.717) is 18.6 Å². The Labute approximate surface area is 116 Å². The van der Waals surface area contributed by atoms with Crippen LogP contribution in [-0.2, 0) is 9.53 Å². The van der Waals surface area contributed by atoms with Gasteiger partial charge >= 0.3 is 0 Å². The summed E-state index contributed by atoms with van der Waals surface area (Å²) in [6.07, 6.45) is 8.29. The van der Waals surface area contributed by atoms with E-state index >= 15 is 0 Å². The molecule has 2 rings (SSSR count). The molecule has 4 nitrogen and oxygen atoms in total. The zero-order chi connectivity index (χ0) is 13.5. The molecule has 0 aromatic carbocycles. The molecule has 0 spiro atoms. The van der Waals surface area contributed by atoms with Gasteiger partial charge in [0.1, 0.15) is 0 Å². The summed E-state index contributed by atoms with van der Waals surface area (Å²) in [7, 11) is 0. The van der Waals surface area contributed by atoms with Crippen molar-refractivity contribution in [2.24, 2.45) is 5.92 Å². The topological polar surface area (TPSA) is 50.4 Å². The van der Waals surface area contributed by atoms with Gasteiger partial charge in [-0.2, -0.15) is 0 Å². The number of carbonyl (C=O) groups excluding carboxylic acids is 1. The van der Waals surface area contributed by atoms with Crippen molar-refractivity contribution < 1.29 is 9.53 Å². The number of amides is 1. The molecule has 0 atom stereocenters. The predicted octanol–water partition coefficient (Wildman–Crippen LogP) is 1.84. The third kappa shape index (κ3) is 5.11. The number of carbonyl (C=O) groups is 1. The van der Waals surface area contributed by atoms with Gasteiger partial charge in [0.05, 0.1) is 6.54 Å². The summed E-state index contributed by atoms with van der Waals surface area (Å²) in [5.74, 6) is 1.05. The van der Waals surface area contributed by atoms with Crippen molar-refractivity contribution >= 4 is 5.91 Å². The van der Waals surface area contributed by atoms with Gasteiger partial charge in [-0.1, -0.05) is 13.3 Å². The zero-order valence-electron chi connectivity index (χ0n) is 12.1. The quantitative estimate of drug-likeness (QED) is 0.800. The Morgan fingerprint density at radius 2 is 1.74 bits per heavy atom. The van der Waals surface area contributed by atoms with Crippen LogP contribution in [0.4, 0.5) is 0 Å². The van der Waals surface area contributed by atoms with Crippen molar-refractivity contribution in [2.45, 2.75) is 64.0 Å². The Bertz CT molecular complexity index is 269. The summed E-state index contributed by atoms with van der Waals surface area (Å²) in [6.45, 7) is 4.30. The molecule has 2 N–H and O–H groups in total. The highest BCUT2D eigenvalue weighted by molar-refractivity contribution is 5.78. The molecule has 1 aliphatic heterocycles. The molecule has 0 aromatic heterocycles. The monoisotopic (exact) mass is 268 g/mol. The van der Waals surface area contributed by atoms with E-state index in [1.807, 2.05) is 0 Å². The van der Waals surface area contributed by atoms with E-state index in [-0.39, 0.29) is 5.91 Å². The van der Waals surface area contributed by atoms with Crippen LogP contribution in [0, 0.1) is 5.92 Å². The molecule has 0 aromatic rings. The minimum Gasteiger partial charge on any atom is -0.381 e. The lowest BCUT2D eigenvalue weighted by atomic mass is 9.84. The summed E-state index contributed by atoms with van der Waals surface area (Å²) in [5.41, 5.74) is 0. The van der Waals surface area contributed by atoms with Crippen molar-refractivity contribution in [1.29, 1.82) is 0 Å². The smallest absolute Gasteiger partial charge is 0.234 e. The largest absolute Gasteiger partial charge is 0.381 e. The molecule has 2 fully saturated rings. The van der Waals surface area contributed by atoms with Crippen molar-refractivity contribution in [3.63, 3.8) is 0 Å². The molecule has 1 saturated carbocycles. The molecule has 1 saturated heterocycles. The number of nitrogens with one attached hydrogen (secondary N) is 2. The van der Waals surface area contributed by atoms with Crippen LogP contribution in [0.5, 0.6) is 0 Å². The Morgan fingerprint density at radius 1 is 1.05 bits per heavy atom. The molecule has 4 heteroatoms. The van der Waals surface area contributed by atoms with Gasteiger partial charge < -0.3 is 15.4 Å². The molecule has 1 amide bonds. The maximum absolute atomic E-state index is 11.9. The van der Waals surface area contributed by atoms with Gasteiger partial charge in [-0.25, -0.2) is 0 Å². The fourth-order valence-electron chi connectivity index (χ4n) is 3.13. The van der Waals surface area contributed by atoms with Gasteiger partial charge in [-0.3, -0.25) is 4.79 Å². The molecule has 1 aliphatic carbocycles. The normalized spacial score (nSPS) is 29.1. The summed E-state index contributed by atoms with van der Waals surface area (Å²) >= 11 is 0. The fourth-order valence-corrected chi connectivity index (χ4v) is 3.13. The minimum atomic E-state index is 0.143. The standard InChI is InChI=1S/C15H28N2O2/c1-2-12-3-5-13(6-4-12)16-11-15(18)17-14-7-9-19-10-8-14/h12-14,16H,2-11H2,1H3,(H,17,18). The number of hydrogen-bond donors (Lipinski definition) is 2. The lowest BCUT2D eigenvalue weighted by Crippen LogP contribution is -2.45. The van der Waals surface area contributed by atoms with Gasteiger partial charge in [-0.15, -0.1) is 0 Å². The van der Waals surface area contributed by atoms with Crippen LogP contribution in [0.3, 0.4) is 0 Å². The van der Waals surface area contributed by atoms with Crippen molar-refractivity contribution in [3.05, 3.63) is 0 Å². The second-order valence-corrected chi connectivity index (χ2v) is 5.96. The molecule has 0 bridgehead atoms. The average molecular weight is 268 g/mol. The van der Waals surface area contributed by atoms with E-state index in [2.05, 4.69) is 17.6 Å². The van der Waals surface area contributed by atoms with Crippen LogP contribution >= 0.6 is 0 Å². The van der Waals surface area contributed by atoms with Crippen LogP contribution < -0.4 is 10.6 Å². The van der Waals surface area contributed by atoms with Gasteiger partial charge in [-0.05, 0) is 44.4 Å². The van der Waals surface area contributed by atoms with E-state index in [4.69, 9.17) is 4.74 Å². The molecular weight excluding hydrogens is 240 g/mol. The van der Waals surface area contributed by atoms with E-state index in [1.54, 1.807) is 0 Å². The molecule has 2 aliphatic rings. The highest BCUT2D eigenvalue weighted by atomic mass is 16.5. The van der Waals surface area contributed by atoms with Crippen LogP contribution in [0.25, 0.3) is 0 Å². The fraction of sp³-hybridized carbons (Fsp3) is 0.933. The first-order chi connectivity index (χ1) is 9.28. The van der Waals surface area contributed by atoms with Crippen LogP contribution in [0.1, 0.15) is 51.9 Å². The Kier molecular flexibility index (Phi) is 6.11. The summed E-state index contributed by atoms with van der Waals surface area (Å²) in [6, 6.07) is 0.863. The third-order valence-corrected chi connectivity index (χ3v) is 4.56. The SMILES string of the molecule is CCC1CCC(NCC(=O)NC2CCOCC2)CC1. The van der Waals surface area contributed by atoms with Crippen molar-refractivity contribution in [1.82, 2.24) is 10.6 Å². The highest BCUT2D eigenvalue weighted by Crippen LogP contribution is 2.26. The van der Waals surface area contributed by atoms with Gasteiger partial charge in [0.2, 0.25) is 5.91 Å². The van der Waals surface area contributed by atoms with Gasteiger partial charge in [0.15, 0.2) is 0 Å². The first-order valence-electron chi connectivity index (χ1n) is 7.88. The lowest BCUT2D eigenvalue weighted by molar-refractivity contribution is -0.121. The number of hydrogen-bond acceptors (Lipinski definition) is 3. The summed E-state index contributed by atoms with van der Waals surface area (Å²) < 4.78 is 5.29. The van der Waals surface area contributed by atoms with E-state index in [0.717, 1.165) is 32.0 Å². The molecule has 110 valence electrons. The third-order valence-electron chi connectivity index (χ3n) is 4.56. The first kappa shape index (κ1) is 14.8. The predicted molar refractivity (Wildman–Crippen MR) is 76.0 cm³/mol. The summed E-state index contributed by atoms with van der Waals surface area (Å²) in [4.78, 5) is 11.9. The molecule has 1 heterocycles. The lowest BCUT2D eigenvalue weighted by Gasteiger charge is -2.29. The first-order valence-corrected chi connectivity index (χ1v) is 7.88. The highest BCUT2D eigenvalue weighted by Gasteiger charge is 2.21. The van der Waals surface area contributed by atoms with Gasteiger partial charge in [0.25, 0.3) is 0 Å². The number of rotatable bonds is 5. The Hall–Kier alpha value is -0.610. The van der Waals surface area contributed by atoms with E-state index in [1.165, 1.54) is 32.1 Å². The van der Waals surface area contributed by atoms with Crippen LogP contribution in [0.15, 0.2) is 0 Å². The molecule has 19 heavy (non-hydrogen) atoms. The van der Waals surface area contributed by atoms with Crippen LogP contribution in [-0.4, -0.2) is 37.7 Å². The second-order valence-electron chi connectivity index (χ2n) is 5.96. The minimum absolute atomic E-state index is 0.143. The molecular formula is C15H28N2O2. The molecule has 0 radical (unpaired) electrons. The van der Waals surface area contributed by atoms with E-state index < -0.39 is 0 Å². The Balaban J connectivity index is 1.58. The van der Waals surface area contributed by atoms with Crippen LogP contribution in [0.2, 0.25) is 0 Å². The second kappa shape index (κ2) is 7.85. The summed E-state index contributed by atoms with van der Waals surface area (Å²) in [5, 5.41) is 6.51. The Morgan fingerprint density at radius 3 is 2.37 bits per heavy atom. The maximum atomic E-state index is 11.9. The van der Waals surface area contributed by atoms with Gasteiger partial charge in [0, 0.05) is 25.3 Å². The van der Waals surface area contributed by atoms with E-state index in [9.17, 15) is 4.79 Å². The zero-order valence-corrected chi connectivity index (χ0v) is 12.1. The van der Waals surface area contributed by atoms with Crippen molar-refractivity contribution in [3.8, 4) is 0 Å². The average Bonchev–Trinajstić information content (AvgIpc) is 2.47. The number of ether oxygens (including phenoxy) is 1. The van der Waals surface area contributed by atoms with Crippen molar-refractivity contribution in [2.75, 3.05) is 19.8 Å². The maximum Gasteiger partial charge on any atom is 0.234 e.